The molecule has 2 aliphatic heterocycles. The lowest BCUT2D eigenvalue weighted by atomic mass is 9.78. The van der Waals surface area contributed by atoms with Gasteiger partial charge in [0.1, 0.15) is 23.9 Å². The van der Waals surface area contributed by atoms with Gasteiger partial charge in [0.15, 0.2) is 0 Å². The number of halogens is 6. The molecule has 0 radical (unpaired) electrons. The highest BCUT2D eigenvalue weighted by Gasteiger charge is 2.74. The highest BCUT2D eigenvalue weighted by Crippen LogP contribution is 2.60. The molecule has 3 unspecified atom stereocenters. The van der Waals surface area contributed by atoms with Crippen molar-refractivity contribution in [1.29, 1.82) is 0 Å². The molecule has 0 aromatic heterocycles. The third-order valence-corrected chi connectivity index (χ3v) is 4.35. The fraction of sp³-hybridized carbons (Fsp3) is 1.00. The summed E-state index contributed by atoms with van der Waals surface area (Å²) in [7, 11) is 0. The van der Waals surface area contributed by atoms with Crippen molar-refractivity contribution in [3.63, 3.8) is 0 Å². The fourth-order valence-electron chi connectivity index (χ4n) is 3.72. The molecule has 2 saturated heterocycles. The molecule has 0 aromatic carbocycles. The summed E-state index contributed by atoms with van der Waals surface area (Å²) in [6.45, 7) is 1.11. The van der Waals surface area contributed by atoms with Gasteiger partial charge in [0.05, 0.1) is 6.54 Å². The molecule has 0 saturated carbocycles. The van der Waals surface area contributed by atoms with Crippen LogP contribution in [0.3, 0.4) is 0 Å². The van der Waals surface area contributed by atoms with Crippen molar-refractivity contribution in [3.05, 3.63) is 5.21 Å². The average molecular weight is 277 g/mol. The maximum Gasteiger partial charge on any atom is 0.398 e. The largest absolute Gasteiger partial charge is 0.632 e. The second kappa shape index (κ2) is 3.75. The van der Waals surface area contributed by atoms with E-state index in [1.54, 1.807) is 0 Å². The molecule has 8 heteroatoms. The van der Waals surface area contributed by atoms with Gasteiger partial charge >= 0.3 is 12.4 Å². The number of hydrogen-bond acceptors (Lipinski definition) is 1. The summed E-state index contributed by atoms with van der Waals surface area (Å²) in [5.41, 5.74) is 0. The Hall–Kier alpha value is -0.500. The van der Waals surface area contributed by atoms with E-state index in [9.17, 15) is 31.5 Å². The van der Waals surface area contributed by atoms with Gasteiger partial charge in [-0.2, -0.15) is 26.3 Å². The van der Waals surface area contributed by atoms with Crippen LogP contribution in [-0.2, 0) is 0 Å². The number of hydroxylamine groups is 3. The van der Waals surface area contributed by atoms with Crippen LogP contribution < -0.4 is 0 Å². The summed E-state index contributed by atoms with van der Waals surface area (Å²) in [4.78, 5) is 0. The number of hydrogen-bond donors (Lipinski definition) is 0. The first-order chi connectivity index (χ1) is 8.03. The number of fused-ring (bicyclic) bond motifs is 2. The van der Waals surface area contributed by atoms with Gasteiger partial charge in [-0.05, 0) is 6.92 Å². The summed E-state index contributed by atoms with van der Waals surface area (Å²) >= 11 is 0. The molecule has 2 rings (SSSR count). The van der Waals surface area contributed by atoms with E-state index in [2.05, 4.69) is 0 Å². The Labute approximate surface area is 99.7 Å². The van der Waals surface area contributed by atoms with Crippen molar-refractivity contribution >= 4 is 0 Å². The zero-order chi connectivity index (χ0) is 13.9. The van der Waals surface area contributed by atoms with Crippen LogP contribution in [0.1, 0.15) is 19.8 Å². The Kier molecular flexibility index (Phi) is 2.90. The van der Waals surface area contributed by atoms with Crippen LogP contribution in [-0.4, -0.2) is 35.6 Å². The van der Waals surface area contributed by atoms with Gasteiger partial charge in [0.2, 0.25) is 0 Å². The highest BCUT2D eigenvalue weighted by atomic mass is 19.4. The molecular formula is C10H13F6NO. The quantitative estimate of drug-likeness (QED) is 0.410. The molecule has 2 heterocycles. The van der Waals surface area contributed by atoms with Crippen LogP contribution in [0.2, 0.25) is 0 Å². The number of alkyl halides is 6. The Bertz CT molecular complexity index is 310. The molecular weight excluding hydrogens is 264 g/mol. The minimum atomic E-state index is -4.97. The van der Waals surface area contributed by atoms with Crippen LogP contribution in [0, 0.1) is 17.0 Å². The smallest absolute Gasteiger partial charge is 0.398 e. The molecule has 2 aliphatic rings. The predicted molar refractivity (Wildman–Crippen MR) is 50.1 cm³/mol. The van der Waals surface area contributed by atoms with Crippen LogP contribution in [0.5, 0.6) is 0 Å². The lowest BCUT2D eigenvalue weighted by Crippen LogP contribution is -2.49. The van der Waals surface area contributed by atoms with E-state index in [0.717, 1.165) is 0 Å². The third kappa shape index (κ3) is 1.72. The maximum atomic E-state index is 12.8. The first-order valence-corrected chi connectivity index (χ1v) is 5.75. The van der Waals surface area contributed by atoms with Gasteiger partial charge in [-0.1, -0.05) is 0 Å². The Morgan fingerprint density at radius 1 is 0.944 bits per heavy atom. The van der Waals surface area contributed by atoms with E-state index in [1.165, 1.54) is 6.92 Å². The number of rotatable bonds is 1. The second-order valence-corrected chi connectivity index (χ2v) is 5.02. The standard InChI is InChI=1S/C10H13F6NO/c1-2-17(18)5-3-4-6(17)8(10(14,15)16)7(5)9(11,12)13/h5-8H,2-4H2,1H3/t5?,6?,7-,8+,17?. The van der Waals surface area contributed by atoms with Gasteiger partial charge in [-0.3, -0.25) is 0 Å². The number of nitrogens with zero attached hydrogens (tertiary/aromatic N) is 1. The van der Waals surface area contributed by atoms with Gasteiger partial charge in [-0.15, -0.1) is 0 Å². The Morgan fingerprint density at radius 2 is 1.28 bits per heavy atom. The van der Waals surface area contributed by atoms with Crippen molar-refractivity contribution in [2.45, 2.75) is 44.2 Å². The highest BCUT2D eigenvalue weighted by molar-refractivity contribution is 5.03. The zero-order valence-electron chi connectivity index (χ0n) is 9.55. The molecule has 2 nitrogen and oxygen atoms in total. The molecule has 0 aromatic rings. The molecule has 0 aliphatic carbocycles. The van der Waals surface area contributed by atoms with Crippen LogP contribution in [0.25, 0.3) is 0 Å². The van der Waals surface area contributed by atoms with E-state index in [-0.39, 0.29) is 19.4 Å². The van der Waals surface area contributed by atoms with Crippen LogP contribution >= 0.6 is 0 Å². The first-order valence-electron chi connectivity index (χ1n) is 5.75. The molecule has 5 atom stereocenters. The minimum Gasteiger partial charge on any atom is -0.632 e. The van der Waals surface area contributed by atoms with Crippen molar-refractivity contribution < 1.29 is 31.0 Å². The molecule has 2 bridgehead atoms. The monoisotopic (exact) mass is 277 g/mol. The summed E-state index contributed by atoms with van der Waals surface area (Å²) in [5.74, 6) is -5.10. The Balaban J connectivity index is 2.46. The van der Waals surface area contributed by atoms with E-state index >= 15 is 0 Å². The van der Waals surface area contributed by atoms with E-state index in [1.807, 2.05) is 0 Å². The van der Waals surface area contributed by atoms with Crippen LogP contribution in [0.4, 0.5) is 26.3 Å². The minimum absolute atomic E-state index is 0.0707. The van der Waals surface area contributed by atoms with Gasteiger partial charge in [-0.25, -0.2) is 0 Å². The fourth-order valence-corrected chi connectivity index (χ4v) is 3.72. The zero-order valence-corrected chi connectivity index (χ0v) is 9.55. The van der Waals surface area contributed by atoms with E-state index < -0.39 is 40.9 Å². The number of quaternary nitrogens is 1. The first kappa shape index (κ1) is 13.9. The lowest BCUT2D eigenvalue weighted by Gasteiger charge is -2.44. The van der Waals surface area contributed by atoms with E-state index in [0.29, 0.717) is 0 Å². The summed E-state index contributed by atoms with van der Waals surface area (Å²) in [5, 5.41) is 12.2. The molecule has 0 spiro atoms. The van der Waals surface area contributed by atoms with Crippen LogP contribution in [0.15, 0.2) is 0 Å². The van der Waals surface area contributed by atoms with Crippen molar-refractivity contribution in [2.75, 3.05) is 6.54 Å². The molecule has 106 valence electrons. The molecule has 0 amide bonds. The summed E-state index contributed by atoms with van der Waals surface area (Å²) in [6.07, 6.45) is -10.1. The van der Waals surface area contributed by atoms with Gasteiger partial charge in [0, 0.05) is 12.8 Å². The summed E-state index contributed by atoms with van der Waals surface area (Å²) < 4.78 is 75.6. The maximum absolute atomic E-state index is 12.8. The van der Waals surface area contributed by atoms with Crippen molar-refractivity contribution in [2.24, 2.45) is 11.8 Å². The van der Waals surface area contributed by atoms with Gasteiger partial charge < -0.3 is 9.85 Å². The summed E-state index contributed by atoms with van der Waals surface area (Å²) in [6, 6.07) is -2.99. The molecule has 2 fully saturated rings. The van der Waals surface area contributed by atoms with E-state index in [4.69, 9.17) is 0 Å². The average Bonchev–Trinajstić information content (AvgIpc) is 2.66. The molecule has 18 heavy (non-hydrogen) atoms. The molecule has 0 N–H and O–H groups in total. The second-order valence-electron chi connectivity index (χ2n) is 5.02. The van der Waals surface area contributed by atoms with Crippen molar-refractivity contribution in [1.82, 2.24) is 0 Å². The predicted octanol–water partition coefficient (Wildman–Crippen LogP) is 3.22. The Morgan fingerprint density at radius 3 is 1.50 bits per heavy atom. The normalized spacial score (nSPS) is 44.7. The SMILES string of the molecule is CC[N+]1([O-])C2CCC1[C@H](C(F)(F)F)[C@@H]2C(F)(F)F. The third-order valence-electron chi connectivity index (χ3n) is 4.35. The topological polar surface area (TPSA) is 23.1 Å². The van der Waals surface area contributed by atoms with Crippen molar-refractivity contribution in [3.8, 4) is 0 Å². The van der Waals surface area contributed by atoms with Gasteiger partial charge in [0.25, 0.3) is 0 Å². The lowest BCUT2D eigenvalue weighted by molar-refractivity contribution is -0.905.